The first-order valence-electron chi connectivity index (χ1n) is 6.79. The van der Waals surface area contributed by atoms with Gasteiger partial charge in [0.05, 0.1) is 11.8 Å². The number of hydrogen-bond acceptors (Lipinski definition) is 4. The first-order chi connectivity index (χ1) is 9.61. The molecule has 1 heterocycles. The SMILES string of the molecule is CSCC(=O)NC(c1ccc2c(c1)OCCO2)C(C)C. The van der Waals surface area contributed by atoms with Gasteiger partial charge in [-0.05, 0) is 29.9 Å². The summed E-state index contributed by atoms with van der Waals surface area (Å²) in [5.74, 6) is 2.39. The van der Waals surface area contributed by atoms with Gasteiger partial charge in [-0.15, -0.1) is 0 Å². The maximum absolute atomic E-state index is 11.8. The molecular formula is C15H21NO3S. The lowest BCUT2D eigenvalue weighted by Crippen LogP contribution is -2.33. The number of carbonyl (C=O) groups is 1. The zero-order valence-electron chi connectivity index (χ0n) is 12.1. The summed E-state index contributed by atoms with van der Waals surface area (Å²) in [4.78, 5) is 11.8. The van der Waals surface area contributed by atoms with Crippen LogP contribution < -0.4 is 14.8 Å². The molecule has 0 aromatic heterocycles. The van der Waals surface area contributed by atoms with Gasteiger partial charge in [0.25, 0.3) is 0 Å². The summed E-state index contributed by atoms with van der Waals surface area (Å²) < 4.78 is 11.1. The molecule has 1 N–H and O–H groups in total. The monoisotopic (exact) mass is 295 g/mol. The van der Waals surface area contributed by atoms with Crippen molar-refractivity contribution in [2.45, 2.75) is 19.9 Å². The van der Waals surface area contributed by atoms with Crippen molar-refractivity contribution in [1.29, 1.82) is 0 Å². The van der Waals surface area contributed by atoms with E-state index >= 15 is 0 Å². The molecule has 2 rings (SSSR count). The number of amides is 1. The molecule has 4 nitrogen and oxygen atoms in total. The van der Waals surface area contributed by atoms with Crippen LogP contribution in [0.25, 0.3) is 0 Å². The first kappa shape index (κ1) is 15.0. The minimum absolute atomic E-state index is 0.00882. The van der Waals surface area contributed by atoms with E-state index in [1.165, 1.54) is 11.8 Å². The molecular weight excluding hydrogens is 274 g/mol. The number of fused-ring (bicyclic) bond motifs is 1. The molecule has 1 aromatic carbocycles. The van der Waals surface area contributed by atoms with Gasteiger partial charge in [-0.3, -0.25) is 4.79 Å². The standard InChI is InChI=1S/C15H21NO3S/c1-10(2)15(16-14(17)9-20-3)11-4-5-12-13(8-11)19-7-6-18-12/h4-5,8,10,15H,6-7,9H2,1-3H3,(H,16,17). The minimum atomic E-state index is -0.00882. The highest BCUT2D eigenvalue weighted by molar-refractivity contribution is 7.99. The highest BCUT2D eigenvalue weighted by Gasteiger charge is 2.21. The van der Waals surface area contributed by atoms with Crippen LogP contribution in [0.2, 0.25) is 0 Å². The smallest absolute Gasteiger partial charge is 0.230 e. The van der Waals surface area contributed by atoms with E-state index in [0.717, 1.165) is 17.1 Å². The van der Waals surface area contributed by atoms with Crippen molar-refractivity contribution in [2.24, 2.45) is 5.92 Å². The van der Waals surface area contributed by atoms with E-state index in [-0.39, 0.29) is 11.9 Å². The van der Waals surface area contributed by atoms with Crippen LogP contribution in [0.15, 0.2) is 18.2 Å². The lowest BCUT2D eigenvalue weighted by molar-refractivity contribution is -0.119. The third-order valence-corrected chi connectivity index (χ3v) is 3.73. The summed E-state index contributed by atoms with van der Waals surface area (Å²) in [5, 5.41) is 3.08. The normalized spacial score (nSPS) is 15.0. The molecule has 0 saturated carbocycles. The lowest BCUT2D eigenvalue weighted by Gasteiger charge is -2.25. The molecule has 1 aromatic rings. The quantitative estimate of drug-likeness (QED) is 0.907. The third-order valence-electron chi connectivity index (χ3n) is 3.18. The van der Waals surface area contributed by atoms with Crippen molar-refractivity contribution in [3.8, 4) is 11.5 Å². The highest BCUT2D eigenvalue weighted by Crippen LogP contribution is 2.34. The van der Waals surface area contributed by atoms with Gasteiger partial charge < -0.3 is 14.8 Å². The third kappa shape index (κ3) is 3.60. The number of thioether (sulfide) groups is 1. The molecule has 0 spiro atoms. The Morgan fingerprint density at radius 1 is 1.30 bits per heavy atom. The van der Waals surface area contributed by atoms with Crippen molar-refractivity contribution in [2.75, 3.05) is 25.2 Å². The van der Waals surface area contributed by atoms with Gasteiger partial charge in [0.1, 0.15) is 13.2 Å². The van der Waals surface area contributed by atoms with Gasteiger partial charge in [-0.1, -0.05) is 19.9 Å². The Hall–Kier alpha value is -1.36. The molecule has 1 atom stereocenters. The van der Waals surface area contributed by atoms with Crippen LogP contribution in [0.4, 0.5) is 0 Å². The molecule has 5 heteroatoms. The second-order valence-electron chi connectivity index (χ2n) is 5.13. The Labute approximate surface area is 124 Å². The molecule has 1 aliphatic heterocycles. The predicted molar refractivity (Wildman–Crippen MR) is 81.5 cm³/mol. The summed E-state index contributed by atoms with van der Waals surface area (Å²) in [6.07, 6.45) is 1.92. The topological polar surface area (TPSA) is 47.6 Å². The van der Waals surface area contributed by atoms with Gasteiger partial charge in [0.2, 0.25) is 5.91 Å². The molecule has 1 amide bonds. The van der Waals surface area contributed by atoms with Gasteiger partial charge in [-0.25, -0.2) is 0 Å². The van der Waals surface area contributed by atoms with Gasteiger partial charge >= 0.3 is 0 Å². The second-order valence-corrected chi connectivity index (χ2v) is 5.99. The van der Waals surface area contributed by atoms with Crippen LogP contribution in [0.1, 0.15) is 25.5 Å². The predicted octanol–water partition coefficient (Wildman–Crippen LogP) is 2.63. The molecule has 20 heavy (non-hydrogen) atoms. The molecule has 1 unspecified atom stereocenters. The van der Waals surface area contributed by atoms with Crippen molar-refractivity contribution in [1.82, 2.24) is 5.32 Å². The van der Waals surface area contributed by atoms with Crippen molar-refractivity contribution in [3.05, 3.63) is 23.8 Å². The van der Waals surface area contributed by atoms with E-state index in [1.807, 2.05) is 24.5 Å². The lowest BCUT2D eigenvalue weighted by atomic mass is 9.95. The Bertz CT molecular complexity index is 476. The summed E-state index contributed by atoms with van der Waals surface area (Å²) in [6.45, 7) is 5.35. The Kier molecular flexibility index (Phi) is 5.17. The average Bonchev–Trinajstić information content (AvgIpc) is 2.44. The van der Waals surface area contributed by atoms with Crippen LogP contribution in [0, 0.1) is 5.92 Å². The largest absolute Gasteiger partial charge is 0.486 e. The Morgan fingerprint density at radius 3 is 2.65 bits per heavy atom. The molecule has 110 valence electrons. The Morgan fingerprint density at radius 2 is 2.00 bits per heavy atom. The summed E-state index contributed by atoms with van der Waals surface area (Å²) >= 11 is 1.52. The average molecular weight is 295 g/mol. The zero-order valence-corrected chi connectivity index (χ0v) is 13.0. The fraction of sp³-hybridized carbons (Fsp3) is 0.533. The van der Waals surface area contributed by atoms with E-state index < -0.39 is 0 Å². The highest BCUT2D eigenvalue weighted by atomic mass is 32.2. The molecule has 0 saturated heterocycles. The fourth-order valence-corrected chi connectivity index (χ4v) is 2.58. The summed E-state index contributed by atoms with van der Waals surface area (Å²) in [5.41, 5.74) is 1.05. The van der Waals surface area contributed by atoms with E-state index in [1.54, 1.807) is 0 Å². The van der Waals surface area contributed by atoms with Crippen LogP contribution in [0.3, 0.4) is 0 Å². The van der Waals surface area contributed by atoms with Crippen molar-refractivity contribution < 1.29 is 14.3 Å². The summed E-state index contributed by atoms with van der Waals surface area (Å²) in [7, 11) is 0. The number of carbonyl (C=O) groups excluding carboxylic acids is 1. The van der Waals surface area contributed by atoms with Crippen LogP contribution in [-0.2, 0) is 4.79 Å². The number of rotatable bonds is 5. The number of hydrogen-bond donors (Lipinski definition) is 1. The molecule has 0 radical (unpaired) electrons. The maximum atomic E-state index is 11.8. The Balaban J connectivity index is 2.18. The van der Waals surface area contributed by atoms with Crippen molar-refractivity contribution >= 4 is 17.7 Å². The molecule has 0 fully saturated rings. The first-order valence-corrected chi connectivity index (χ1v) is 8.19. The van der Waals surface area contributed by atoms with E-state index in [0.29, 0.717) is 24.9 Å². The van der Waals surface area contributed by atoms with Crippen LogP contribution >= 0.6 is 11.8 Å². The van der Waals surface area contributed by atoms with E-state index in [9.17, 15) is 4.79 Å². The number of benzene rings is 1. The van der Waals surface area contributed by atoms with Crippen LogP contribution in [0.5, 0.6) is 11.5 Å². The molecule has 0 aliphatic carbocycles. The van der Waals surface area contributed by atoms with Gasteiger partial charge in [0.15, 0.2) is 11.5 Å². The van der Waals surface area contributed by atoms with Crippen molar-refractivity contribution in [3.63, 3.8) is 0 Å². The number of ether oxygens (including phenoxy) is 2. The van der Waals surface area contributed by atoms with Crippen LogP contribution in [-0.4, -0.2) is 31.1 Å². The number of nitrogens with one attached hydrogen (secondary N) is 1. The summed E-state index contributed by atoms with van der Waals surface area (Å²) in [6, 6.07) is 5.88. The molecule has 0 bridgehead atoms. The fourth-order valence-electron chi connectivity index (χ4n) is 2.23. The maximum Gasteiger partial charge on any atom is 0.230 e. The van der Waals surface area contributed by atoms with Gasteiger partial charge in [0, 0.05) is 0 Å². The second kappa shape index (κ2) is 6.88. The molecule has 1 aliphatic rings. The van der Waals surface area contributed by atoms with Gasteiger partial charge in [-0.2, -0.15) is 11.8 Å². The van der Waals surface area contributed by atoms with E-state index in [4.69, 9.17) is 9.47 Å². The van der Waals surface area contributed by atoms with E-state index in [2.05, 4.69) is 19.2 Å². The zero-order chi connectivity index (χ0) is 14.5. The minimum Gasteiger partial charge on any atom is -0.486 e.